The third kappa shape index (κ3) is 4.34. The lowest BCUT2D eigenvalue weighted by molar-refractivity contribution is 0.339. The van der Waals surface area contributed by atoms with Crippen LogP contribution >= 0.6 is 23.2 Å². The summed E-state index contributed by atoms with van der Waals surface area (Å²) >= 11 is 12.4. The van der Waals surface area contributed by atoms with E-state index < -0.39 is 0 Å². The molecule has 0 unspecified atom stereocenters. The van der Waals surface area contributed by atoms with Crippen molar-refractivity contribution in [2.24, 2.45) is 11.1 Å². The SMILES string of the molecule is CCOc1cc(Cl)c(CCC(C)(C)CN)cc1Cl. The second-order valence-corrected chi connectivity index (χ2v) is 5.99. The van der Waals surface area contributed by atoms with Gasteiger partial charge in [-0.05, 0) is 43.4 Å². The number of halogens is 2. The molecular weight excluding hydrogens is 269 g/mol. The van der Waals surface area contributed by atoms with Crippen LogP contribution in [0.5, 0.6) is 5.75 Å². The first-order chi connectivity index (χ1) is 8.39. The predicted octanol–water partition coefficient (Wildman–Crippen LogP) is 4.31. The number of hydrogen-bond acceptors (Lipinski definition) is 2. The Kier molecular flexibility index (Phi) is 5.77. The highest BCUT2D eigenvalue weighted by atomic mass is 35.5. The Balaban J connectivity index is 2.82. The second-order valence-electron chi connectivity index (χ2n) is 5.18. The molecule has 0 heterocycles. The van der Waals surface area contributed by atoms with Crippen LogP contribution in [0.2, 0.25) is 10.0 Å². The van der Waals surface area contributed by atoms with Gasteiger partial charge < -0.3 is 10.5 Å². The minimum atomic E-state index is 0.119. The number of nitrogens with two attached hydrogens (primary N) is 1. The lowest BCUT2D eigenvalue weighted by Crippen LogP contribution is -2.24. The molecule has 1 rings (SSSR count). The van der Waals surface area contributed by atoms with Crippen LogP contribution in [0, 0.1) is 5.41 Å². The molecule has 1 aromatic carbocycles. The molecule has 2 N–H and O–H groups in total. The second kappa shape index (κ2) is 6.65. The highest BCUT2D eigenvalue weighted by molar-refractivity contribution is 6.34. The van der Waals surface area contributed by atoms with Crippen LogP contribution in [-0.2, 0) is 6.42 Å². The average molecular weight is 290 g/mol. The van der Waals surface area contributed by atoms with E-state index in [0.717, 1.165) is 18.4 Å². The van der Waals surface area contributed by atoms with Crippen LogP contribution in [-0.4, -0.2) is 13.2 Å². The molecule has 2 nitrogen and oxygen atoms in total. The maximum absolute atomic E-state index is 6.24. The number of benzene rings is 1. The lowest BCUT2D eigenvalue weighted by Gasteiger charge is -2.22. The fourth-order valence-corrected chi connectivity index (χ4v) is 2.09. The van der Waals surface area contributed by atoms with Crippen molar-refractivity contribution in [3.63, 3.8) is 0 Å². The van der Waals surface area contributed by atoms with E-state index in [4.69, 9.17) is 33.7 Å². The summed E-state index contributed by atoms with van der Waals surface area (Å²) in [6, 6.07) is 3.68. The van der Waals surface area contributed by atoms with Gasteiger partial charge in [0.05, 0.1) is 11.6 Å². The van der Waals surface area contributed by atoms with E-state index in [0.29, 0.717) is 28.9 Å². The monoisotopic (exact) mass is 289 g/mol. The zero-order chi connectivity index (χ0) is 13.8. The maximum Gasteiger partial charge on any atom is 0.139 e. The molecule has 0 saturated heterocycles. The first-order valence-electron chi connectivity index (χ1n) is 6.20. The fraction of sp³-hybridized carbons (Fsp3) is 0.571. The molecule has 4 heteroatoms. The lowest BCUT2D eigenvalue weighted by atomic mass is 9.86. The highest BCUT2D eigenvalue weighted by Gasteiger charge is 2.17. The van der Waals surface area contributed by atoms with Crippen LogP contribution in [0.15, 0.2) is 12.1 Å². The molecule has 0 saturated carbocycles. The summed E-state index contributed by atoms with van der Waals surface area (Å²) in [6.07, 6.45) is 1.85. The Morgan fingerprint density at radius 2 is 1.89 bits per heavy atom. The van der Waals surface area contributed by atoms with Crippen molar-refractivity contribution >= 4 is 23.2 Å². The third-order valence-corrected chi connectivity index (χ3v) is 3.67. The van der Waals surface area contributed by atoms with Gasteiger partial charge in [-0.2, -0.15) is 0 Å². The topological polar surface area (TPSA) is 35.2 Å². The van der Waals surface area contributed by atoms with E-state index >= 15 is 0 Å². The molecule has 0 aromatic heterocycles. The van der Waals surface area contributed by atoms with Crippen LogP contribution < -0.4 is 10.5 Å². The molecule has 0 atom stereocenters. The van der Waals surface area contributed by atoms with Gasteiger partial charge in [0.25, 0.3) is 0 Å². The van der Waals surface area contributed by atoms with E-state index in [1.807, 2.05) is 13.0 Å². The number of aryl methyl sites for hydroxylation is 1. The van der Waals surface area contributed by atoms with Gasteiger partial charge in [0.2, 0.25) is 0 Å². The number of rotatable bonds is 6. The Morgan fingerprint density at radius 3 is 2.44 bits per heavy atom. The van der Waals surface area contributed by atoms with Crippen LogP contribution in [0.3, 0.4) is 0 Å². The van der Waals surface area contributed by atoms with Gasteiger partial charge in [-0.15, -0.1) is 0 Å². The molecule has 0 spiro atoms. The van der Waals surface area contributed by atoms with E-state index in [-0.39, 0.29) is 5.41 Å². The molecule has 0 aliphatic carbocycles. The van der Waals surface area contributed by atoms with Gasteiger partial charge in [0, 0.05) is 11.1 Å². The van der Waals surface area contributed by atoms with Crippen molar-refractivity contribution in [1.29, 1.82) is 0 Å². The van der Waals surface area contributed by atoms with Crippen LogP contribution in [0.25, 0.3) is 0 Å². The first kappa shape index (κ1) is 15.6. The third-order valence-electron chi connectivity index (χ3n) is 3.02. The summed E-state index contributed by atoms with van der Waals surface area (Å²) in [7, 11) is 0. The van der Waals surface area contributed by atoms with Crippen LogP contribution in [0.1, 0.15) is 32.8 Å². The molecule has 0 bridgehead atoms. The molecule has 18 heavy (non-hydrogen) atoms. The van der Waals surface area contributed by atoms with Gasteiger partial charge >= 0.3 is 0 Å². The minimum absolute atomic E-state index is 0.119. The zero-order valence-electron chi connectivity index (χ0n) is 11.2. The van der Waals surface area contributed by atoms with Crippen molar-refractivity contribution in [1.82, 2.24) is 0 Å². The molecule has 1 aromatic rings. The minimum Gasteiger partial charge on any atom is -0.492 e. The number of ether oxygens (including phenoxy) is 1. The summed E-state index contributed by atoms with van der Waals surface area (Å²) in [6.45, 7) is 7.46. The molecule has 0 radical (unpaired) electrons. The Labute approximate surface area is 119 Å². The molecule has 102 valence electrons. The standard InChI is InChI=1S/C14H21Cl2NO/c1-4-18-13-8-11(15)10(7-12(13)16)5-6-14(2,3)9-17/h7-8H,4-6,9,17H2,1-3H3. The molecule has 0 fully saturated rings. The Morgan fingerprint density at radius 1 is 1.22 bits per heavy atom. The molecule has 0 aliphatic rings. The predicted molar refractivity (Wildman–Crippen MR) is 78.8 cm³/mol. The molecular formula is C14H21Cl2NO. The van der Waals surface area contributed by atoms with Crippen molar-refractivity contribution in [2.75, 3.05) is 13.2 Å². The van der Waals surface area contributed by atoms with Crippen molar-refractivity contribution in [3.05, 3.63) is 27.7 Å². The Hall–Kier alpha value is -0.440. The van der Waals surface area contributed by atoms with E-state index in [9.17, 15) is 0 Å². The van der Waals surface area contributed by atoms with E-state index in [1.54, 1.807) is 6.07 Å². The molecule has 0 aliphatic heterocycles. The van der Waals surface area contributed by atoms with Crippen molar-refractivity contribution in [3.8, 4) is 5.75 Å². The van der Waals surface area contributed by atoms with Crippen LogP contribution in [0.4, 0.5) is 0 Å². The summed E-state index contributed by atoms with van der Waals surface area (Å²) in [5.41, 5.74) is 6.89. The van der Waals surface area contributed by atoms with Gasteiger partial charge in [0.1, 0.15) is 5.75 Å². The first-order valence-corrected chi connectivity index (χ1v) is 6.96. The zero-order valence-corrected chi connectivity index (χ0v) is 12.7. The fourth-order valence-electron chi connectivity index (χ4n) is 1.60. The summed E-state index contributed by atoms with van der Waals surface area (Å²) in [5.74, 6) is 0.644. The van der Waals surface area contributed by atoms with Gasteiger partial charge in [-0.3, -0.25) is 0 Å². The van der Waals surface area contributed by atoms with Crippen molar-refractivity contribution < 1.29 is 4.74 Å². The van der Waals surface area contributed by atoms with Gasteiger partial charge in [-0.1, -0.05) is 37.0 Å². The summed E-state index contributed by atoms with van der Waals surface area (Å²) < 4.78 is 5.40. The highest BCUT2D eigenvalue weighted by Crippen LogP contribution is 2.33. The summed E-state index contributed by atoms with van der Waals surface area (Å²) in [4.78, 5) is 0. The maximum atomic E-state index is 6.24. The summed E-state index contributed by atoms with van der Waals surface area (Å²) in [5, 5.41) is 1.32. The molecule has 0 amide bonds. The average Bonchev–Trinajstić information content (AvgIpc) is 2.32. The van der Waals surface area contributed by atoms with E-state index in [1.165, 1.54) is 0 Å². The Bertz CT molecular complexity index is 405. The largest absolute Gasteiger partial charge is 0.492 e. The van der Waals surface area contributed by atoms with Crippen molar-refractivity contribution in [2.45, 2.75) is 33.6 Å². The smallest absolute Gasteiger partial charge is 0.139 e. The van der Waals surface area contributed by atoms with E-state index in [2.05, 4.69) is 13.8 Å². The van der Waals surface area contributed by atoms with Gasteiger partial charge in [0.15, 0.2) is 0 Å². The quantitative estimate of drug-likeness (QED) is 0.847. The normalized spacial score (nSPS) is 11.7. The van der Waals surface area contributed by atoms with Gasteiger partial charge in [-0.25, -0.2) is 0 Å². The number of hydrogen-bond donors (Lipinski definition) is 1.